The number of amides is 1. The quantitative estimate of drug-likeness (QED) is 0.406. The van der Waals surface area contributed by atoms with Gasteiger partial charge < -0.3 is 4.90 Å². The first-order valence-electron chi connectivity index (χ1n) is 9.48. The minimum absolute atomic E-state index is 0.0248. The molecular weight excluding hydrogens is 388 g/mol. The Hall–Kier alpha value is -2.18. The maximum Gasteiger partial charge on any atom is 0.223 e. The largest absolute Gasteiger partial charge is 0.333 e. The smallest absolute Gasteiger partial charge is 0.223 e. The van der Waals surface area contributed by atoms with Crippen LogP contribution in [0.4, 0.5) is 0 Å². The molecule has 144 valence electrons. The van der Waals surface area contributed by atoms with Crippen LogP contribution in [0.25, 0.3) is 10.2 Å². The van der Waals surface area contributed by atoms with Crippen molar-refractivity contribution in [1.82, 2.24) is 9.88 Å². The minimum Gasteiger partial charge on any atom is -0.333 e. The Morgan fingerprint density at radius 3 is 2.68 bits per heavy atom. The molecule has 1 amide bonds. The number of hydrogen-bond acceptors (Lipinski definition) is 5. The second kappa shape index (κ2) is 8.45. The number of carbonyl (C=O) groups is 2. The molecule has 1 atom stereocenters. The molecule has 0 radical (unpaired) electrons. The van der Waals surface area contributed by atoms with E-state index in [4.69, 9.17) is 4.98 Å². The number of fused-ring (bicyclic) bond motifs is 1. The van der Waals surface area contributed by atoms with E-state index in [-0.39, 0.29) is 30.6 Å². The molecule has 28 heavy (non-hydrogen) atoms. The van der Waals surface area contributed by atoms with Crippen LogP contribution in [0, 0.1) is 0 Å². The van der Waals surface area contributed by atoms with Gasteiger partial charge in [-0.25, -0.2) is 4.98 Å². The van der Waals surface area contributed by atoms with Gasteiger partial charge in [0.1, 0.15) is 5.01 Å². The molecule has 0 saturated carbocycles. The molecule has 1 aliphatic rings. The van der Waals surface area contributed by atoms with Crippen molar-refractivity contribution in [2.45, 2.75) is 36.6 Å². The monoisotopic (exact) mass is 410 g/mol. The number of likely N-dealkylation sites (tertiary alicyclic amines) is 1. The lowest BCUT2D eigenvalue weighted by Gasteiger charge is -2.23. The Kier molecular flexibility index (Phi) is 5.78. The van der Waals surface area contributed by atoms with E-state index >= 15 is 0 Å². The molecule has 0 aliphatic carbocycles. The Morgan fingerprint density at radius 2 is 1.93 bits per heavy atom. The number of thioether (sulfide) groups is 1. The van der Waals surface area contributed by atoms with Crippen molar-refractivity contribution in [2.24, 2.45) is 0 Å². The van der Waals surface area contributed by atoms with Crippen LogP contribution in [-0.4, -0.2) is 34.4 Å². The molecule has 1 aromatic heterocycles. The highest BCUT2D eigenvalue weighted by Gasteiger charge is 2.32. The van der Waals surface area contributed by atoms with E-state index in [9.17, 15) is 9.59 Å². The molecule has 2 heterocycles. The first kappa shape index (κ1) is 19.2. The molecule has 1 saturated heterocycles. The van der Waals surface area contributed by atoms with E-state index in [0.717, 1.165) is 39.5 Å². The van der Waals surface area contributed by atoms with Crippen molar-refractivity contribution in [3.63, 3.8) is 0 Å². The van der Waals surface area contributed by atoms with E-state index in [1.165, 1.54) is 0 Å². The van der Waals surface area contributed by atoms with Crippen LogP contribution in [0.1, 0.15) is 47.1 Å². The zero-order chi connectivity index (χ0) is 19.5. The molecule has 0 bridgehead atoms. The van der Waals surface area contributed by atoms with Crippen LogP contribution < -0.4 is 0 Å². The fourth-order valence-electron chi connectivity index (χ4n) is 3.64. The van der Waals surface area contributed by atoms with E-state index in [1.54, 1.807) is 23.1 Å². The summed E-state index contributed by atoms with van der Waals surface area (Å²) in [5, 5.41) is 1.01. The molecule has 6 heteroatoms. The summed E-state index contributed by atoms with van der Waals surface area (Å²) < 4.78 is 1.15. The summed E-state index contributed by atoms with van der Waals surface area (Å²) in [6.07, 6.45) is 4.44. The Labute approximate surface area is 173 Å². The van der Waals surface area contributed by atoms with Crippen LogP contribution in [-0.2, 0) is 4.79 Å². The van der Waals surface area contributed by atoms with Crippen LogP contribution >= 0.6 is 23.1 Å². The van der Waals surface area contributed by atoms with Gasteiger partial charge in [-0.1, -0.05) is 24.3 Å². The highest BCUT2D eigenvalue weighted by atomic mass is 32.2. The van der Waals surface area contributed by atoms with Crippen molar-refractivity contribution in [3.8, 4) is 0 Å². The van der Waals surface area contributed by atoms with Gasteiger partial charge in [0.15, 0.2) is 5.78 Å². The SMILES string of the molecule is CSc1ccc(C(=O)CCC(=O)N2CCC[C@@H]2c2nc3ccccc3s2)cc1. The molecule has 2 aromatic carbocycles. The first-order valence-corrected chi connectivity index (χ1v) is 11.5. The average molecular weight is 411 g/mol. The predicted octanol–water partition coefficient (Wildman–Crippen LogP) is 5.34. The lowest BCUT2D eigenvalue weighted by Crippen LogP contribution is -2.30. The molecule has 1 aliphatic heterocycles. The van der Waals surface area contributed by atoms with E-state index in [1.807, 2.05) is 53.6 Å². The van der Waals surface area contributed by atoms with Crippen LogP contribution in [0.2, 0.25) is 0 Å². The van der Waals surface area contributed by atoms with Gasteiger partial charge in [-0.2, -0.15) is 0 Å². The standard InChI is InChI=1S/C22H22N2O2S2/c1-27-16-10-8-15(9-11-16)19(25)12-13-21(26)24-14-4-6-18(24)22-23-17-5-2-3-7-20(17)28-22/h2-3,5,7-11,18H,4,6,12-14H2,1H3/t18-/m1/s1. The summed E-state index contributed by atoms with van der Waals surface area (Å²) in [7, 11) is 0. The molecule has 1 fully saturated rings. The number of hydrogen-bond donors (Lipinski definition) is 0. The second-order valence-corrected chi connectivity index (χ2v) is 8.86. The van der Waals surface area contributed by atoms with Crippen LogP contribution in [0.5, 0.6) is 0 Å². The minimum atomic E-state index is 0.0248. The van der Waals surface area contributed by atoms with Gasteiger partial charge in [0, 0.05) is 29.8 Å². The molecule has 4 rings (SSSR count). The number of thiazole rings is 1. The van der Waals surface area contributed by atoms with Gasteiger partial charge >= 0.3 is 0 Å². The van der Waals surface area contributed by atoms with Crippen molar-refractivity contribution in [1.29, 1.82) is 0 Å². The molecule has 0 N–H and O–H groups in total. The number of carbonyl (C=O) groups excluding carboxylic acids is 2. The van der Waals surface area contributed by atoms with Gasteiger partial charge in [0.2, 0.25) is 5.91 Å². The maximum absolute atomic E-state index is 12.8. The summed E-state index contributed by atoms with van der Waals surface area (Å²) in [5.41, 5.74) is 1.67. The van der Waals surface area contributed by atoms with Gasteiger partial charge in [-0.05, 0) is 43.4 Å². The zero-order valence-corrected chi connectivity index (χ0v) is 17.4. The highest BCUT2D eigenvalue weighted by molar-refractivity contribution is 7.98. The van der Waals surface area contributed by atoms with Gasteiger partial charge in [-0.15, -0.1) is 23.1 Å². The topological polar surface area (TPSA) is 50.3 Å². The summed E-state index contributed by atoms with van der Waals surface area (Å²) in [5.74, 6) is 0.0765. The summed E-state index contributed by atoms with van der Waals surface area (Å²) in [6.45, 7) is 0.746. The number of aromatic nitrogens is 1. The van der Waals surface area contributed by atoms with Crippen molar-refractivity contribution in [2.75, 3.05) is 12.8 Å². The molecular formula is C22H22N2O2S2. The third-order valence-electron chi connectivity index (χ3n) is 5.15. The predicted molar refractivity (Wildman–Crippen MR) is 115 cm³/mol. The summed E-state index contributed by atoms with van der Waals surface area (Å²) in [4.78, 5) is 33.1. The number of ketones is 1. The average Bonchev–Trinajstić information content (AvgIpc) is 3.38. The Bertz CT molecular complexity index is 964. The van der Waals surface area contributed by atoms with Crippen LogP contribution in [0.3, 0.4) is 0 Å². The van der Waals surface area contributed by atoms with Gasteiger partial charge in [0.25, 0.3) is 0 Å². The number of rotatable bonds is 6. The van der Waals surface area contributed by atoms with E-state index in [0.29, 0.717) is 5.56 Å². The van der Waals surface area contributed by atoms with E-state index < -0.39 is 0 Å². The second-order valence-electron chi connectivity index (χ2n) is 6.92. The maximum atomic E-state index is 12.8. The lowest BCUT2D eigenvalue weighted by molar-refractivity contribution is -0.132. The summed E-state index contributed by atoms with van der Waals surface area (Å²) >= 11 is 3.31. The van der Waals surface area contributed by atoms with E-state index in [2.05, 4.69) is 6.07 Å². The molecule has 3 aromatic rings. The molecule has 0 spiro atoms. The highest BCUT2D eigenvalue weighted by Crippen LogP contribution is 2.36. The van der Waals surface area contributed by atoms with Crippen molar-refractivity contribution in [3.05, 3.63) is 59.1 Å². The fourth-order valence-corrected chi connectivity index (χ4v) is 5.16. The third kappa shape index (κ3) is 3.98. The van der Waals surface area contributed by atoms with Gasteiger partial charge in [-0.3, -0.25) is 9.59 Å². The number of para-hydroxylation sites is 1. The third-order valence-corrected chi connectivity index (χ3v) is 7.03. The number of Topliss-reactive ketones (excluding diaryl/α,β-unsaturated/α-hetero) is 1. The number of benzene rings is 2. The summed E-state index contributed by atoms with van der Waals surface area (Å²) in [6, 6.07) is 15.7. The Balaban J connectivity index is 1.41. The van der Waals surface area contributed by atoms with Crippen molar-refractivity contribution >= 4 is 45.0 Å². The van der Waals surface area contributed by atoms with Crippen LogP contribution in [0.15, 0.2) is 53.4 Å². The first-order chi connectivity index (χ1) is 13.7. The lowest BCUT2D eigenvalue weighted by atomic mass is 10.1. The normalized spacial score (nSPS) is 16.6. The fraction of sp³-hybridized carbons (Fsp3) is 0.318. The molecule has 0 unspecified atom stereocenters. The number of nitrogens with zero attached hydrogens (tertiary/aromatic N) is 2. The Morgan fingerprint density at radius 1 is 1.14 bits per heavy atom. The zero-order valence-electron chi connectivity index (χ0n) is 15.8. The van der Waals surface area contributed by atoms with Crippen molar-refractivity contribution < 1.29 is 9.59 Å². The molecule has 4 nitrogen and oxygen atoms in total. The van der Waals surface area contributed by atoms with Gasteiger partial charge in [0.05, 0.1) is 16.3 Å².